The maximum Gasteiger partial charge on any atom is 0.341 e. The summed E-state index contributed by atoms with van der Waals surface area (Å²) in [7, 11) is -3.67. The van der Waals surface area contributed by atoms with E-state index in [1.807, 2.05) is 0 Å². The Bertz CT molecular complexity index is 256. The normalized spacial score (nSPS) is 9.17. The fourth-order valence-corrected chi connectivity index (χ4v) is 0.127. The molecule has 0 saturated heterocycles. The van der Waals surface area contributed by atoms with Crippen molar-refractivity contribution in [3.8, 4) is 0 Å². The number of nitrogens with zero attached hydrogens (tertiary/aromatic N) is 1. The summed E-state index contributed by atoms with van der Waals surface area (Å²) in [6.07, 6.45) is 0.715. The van der Waals surface area contributed by atoms with Crippen LogP contribution in [0.25, 0.3) is 0 Å². The second kappa shape index (κ2) is 5.32. The van der Waals surface area contributed by atoms with Crippen LogP contribution in [-0.4, -0.2) is 31.2 Å². The van der Waals surface area contributed by atoms with Gasteiger partial charge < -0.3 is 17.2 Å². The smallest absolute Gasteiger partial charge is 0.341 e. The number of urea groups is 1. The zero-order valence-electron chi connectivity index (χ0n) is 6.26. The summed E-state index contributed by atoms with van der Waals surface area (Å²) in [6.45, 7) is 0. The molecule has 0 aromatic heterocycles. The molecule has 0 rings (SSSR count). The molecule has 0 aliphatic carbocycles. The number of guanidine groups is 1. The maximum absolute atomic E-state index is 9.68. The van der Waals surface area contributed by atoms with Crippen molar-refractivity contribution in [3.63, 3.8) is 0 Å². The number of amides is 2. The lowest BCUT2D eigenvalue weighted by Crippen LogP contribution is -2.25. The number of carbonyl (C=O) groups is 1. The Labute approximate surface area is 69.2 Å². The van der Waals surface area contributed by atoms with Crippen LogP contribution < -0.4 is 17.2 Å². The van der Waals surface area contributed by atoms with Crippen molar-refractivity contribution in [2.24, 2.45) is 22.2 Å². The quantitative estimate of drug-likeness (QED) is 0.197. The maximum atomic E-state index is 9.68. The Morgan fingerprint density at radius 1 is 1.33 bits per heavy atom. The Hall–Kier alpha value is -1.35. The highest BCUT2D eigenvalue weighted by Gasteiger charge is 1.83. The Balaban J connectivity index is 0. The molecule has 0 fully saturated rings. The topological polar surface area (TPSA) is 162 Å². The third kappa shape index (κ3) is 72.1. The van der Waals surface area contributed by atoms with Crippen LogP contribution in [0, 0.1) is 0 Å². The summed E-state index contributed by atoms with van der Waals surface area (Å²) in [5, 5.41) is 0. The minimum atomic E-state index is -3.67. The van der Waals surface area contributed by atoms with E-state index in [9.17, 15) is 13.2 Å². The largest absolute Gasteiger partial charge is 0.370 e. The average molecular weight is 198 g/mol. The highest BCUT2D eigenvalue weighted by atomic mass is 32.2. The van der Waals surface area contributed by atoms with Crippen molar-refractivity contribution in [2.75, 3.05) is 6.26 Å². The fraction of sp³-hybridized carbons (Fsp3) is 0.333. The summed E-state index contributed by atoms with van der Waals surface area (Å²) < 4.78 is 25.9. The van der Waals surface area contributed by atoms with Crippen LogP contribution in [0.15, 0.2) is 4.99 Å². The van der Waals surface area contributed by atoms with Crippen molar-refractivity contribution >= 4 is 22.1 Å². The van der Waals surface area contributed by atoms with Gasteiger partial charge in [-0.1, -0.05) is 0 Å². The summed E-state index contributed by atoms with van der Waals surface area (Å²) in [6, 6.07) is -0.875. The van der Waals surface area contributed by atoms with E-state index in [4.69, 9.17) is 16.0 Å². The summed E-state index contributed by atoms with van der Waals surface area (Å²) in [5.74, 6) is -0.312. The predicted octanol–water partition coefficient (Wildman–Crippen LogP) is -2.16. The molecule has 0 unspecified atom stereocenters. The van der Waals surface area contributed by atoms with Gasteiger partial charge in [0, 0.05) is 0 Å². The van der Waals surface area contributed by atoms with Crippen molar-refractivity contribution in [1.82, 2.24) is 0 Å². The first-order valence-electron chi connectivity index (χ1n) is 2.44. The lowest BCUT2D eigenvalue weighted by atomic mass is 11.0. The van der Waals surface area contributed by atoms with Crippen molar-refractivity contribution in [1.29, 1.82) is 0 Å². The molecule has 0 aromatic rings. The van der Waals surface area contributed by atoms with Crippen LogP contribution in [0.3, 0.4) is 0 Å². The molecule has 0 aliphatic heterocycles. The van der Waals surface area contributed by atoms with Gasteiger partial charge in [-0.3, -0.25) is 4.55 Å². The number of hydrogen-bond acceptors (Lipinski definition) is 3. The van der Waals surface area contributed by atoms with E-state index in [1.54, 1.807) is 0 Å². The summed E-state index contributed by atoms with van der Waals surface area (Å²) >= 11 is 0. The van der Waals surface area contributed by atoms with E-state index in [0.717, 1.165) is 0 Å². The number of carbonyl (C=O) groups excluding carboxylic acids is 1. The second-order valence-electron chi connectivity index (χ2n) is 1.61. The van der Waals surface area contributed by atoms with Gasteiger partial charge in [0.1, 0.15) is 0 Å². The van der Waals surface area contributed by atoms with E-state index < -0.39 is 16.1 Å². The molecule has 2 amide bonds. The lowest BCUT2D eigenvalue weighted by Gasteiger charge is -1.82. The highest BCUT2D eigenvalue weighted by Crippen LogP contribution is 1.60. The molecule has 0 radical (unpaired) electrons. The monoisotopic (exact) mass is 198 g/mol. The van der Waals surface area contributed by atoms with E-state index in [0.29, 0.717) is 6.26 Å². The van der Waals surface area contributed by atoms with Crippen LogP contribution in [0.4, 0.5) is 4.79 Å². The van der Waals surface area contributed by atoms with Gasteiger partial charge in [0.2, 0.25) is 0 Å². The van der Waals surface area contributed by atoms with Crippen molar-refractivity contribution in [3.05, 3.63) is 0 Å². The molecule has 0 aromatic carbocycles. The zero-order valence-corrected chi connectivity index (χ0v) is 7.08. The van der Waals surface area contributed by atoms with Crippen LogP contribution >= 0.6 is 0 Å². The van der Waals surface area contributed by atoms with E-state index in [1.165, 1.54) is 0 Å². The third-order valence-corrected chi connectivity index (χ3v) is 0.239. The number of aliphatic imine (C=N–C) groups is 1. The molecular weight excluding hydrogens is 188 g/mol. The molecule has 0 bridgehead atoms. The lowest BCUT2D eigenvalue weighted by molar-refractivity contribution is 0.256. The Morgan fingerprint density at radius 2 is 1.58 bits per heavy atom. The summed E-state index contributed by atoms with van der Waals surface area (Å²) in [5.41, 5.74) is 13.9. The van der Waals surface area contributed by atoms with Gasteiger partial charge in [-0.15, -0.1) is 0 Å². The minimum absolute atomic E-state index is 0.312. The van der Waals surface area contributed by atoms with Crippen LogP contribution in [-0.2, 0) is 10.1 Å². The molecule has 8 nitrogen and oxygen atoms in total. The molecule has 12 heavy (non-hydrogen) atoms. The first-order valence-corrected chi connectivity index (χ1v) is 4.29. The Kier molecular flexibility index (Phi) is 5.88. The number of rotatable bonds is 0. The molecule has 72 valence electrons. The van der Waals surface area contributed by atoms with Gasteiger partial charge in [0.25, 0.3) is 10.1 Å². The van der Waals surface area contributed by atoms with Crippen molar-refractivity contribution < 1.29 is 17.8 Å². The van der Waals surface area contributed by atoms with Gasteiger partial charge >= 0.3 is 6.03 Å². The van der Waals surface area contributed by atoms with Crippen LogP contribution in [0.5, 0.6) is 0 Å². The van der Waals surface area contributed by atoms with Gasteiger partial charge in [-0.2, -0.15) is 13.4 Å². The average Bonchev–Trinajstić information content (AvgIpc) is 1.52. The fourth-order valence-electron chi connectivity index (χ4n) is 0.127. The minimum Gasteiger partial charge on any atom is -0.370 e. The van der Waals surface area contributed by atoms with Crippen LogP contribution in [0.2, 0.25) is 0 Å². The highest BCUT2D eigenvalue weighted by molar-refractivity contribution is 7.85. The van der Waals surface area contributed by atoms with Gasteiger partial charge in [0.05, 0.1) is 6.26 Å². The number of primary amides is 1. The van der Waals surface area contributed by atoms with E-state index >= 15 is 0 Å². The second-order valence-corrected chi connectivity index (χ2v) is 3.07. The molecule has 0 saturated carbocycles. The van der Waals surface area contributed by atoms with Crippen molar-refractivity contribution in [2.45, 2.75) is 0 Å². The number of hydrogen-bond donors (Lipinski definition) is 4. The van der Waals surface area contributed by atoms with E-state index in [2.05, 4.69) is 10.7 Å². The first-order chi connectivity index (χ1) is 5.13. The SMILES string of the molecule is CS(=O)(=O)O.NC(=O)N=C(N)N. The standard InChI is InChI=1S/C2H6N4O.CH4O3S/c3-1(4)6-2(5)7;1-5(2,3)4/h(H6,3,4,5,6,7);1H3,(H,2,3,4). The number of nitrogens with two attached hydrogens (primary N) is 3. The van der Waals surface area contributed by atoms with E-state index in [-0.39, 0.29) is 5.96 Å². The molecule has 9 heteroatoms. The first kappa shape index (κ1) is 13.3. The van der Waals surface area contributed by atoms with Gasteiger partial charge in [-0.25, -0.2) is 4.79 Å². The summed E-state index contributed by atoms with van der Waals surface area (Å²) in [4.78, 5) is 12.6. The van der Waals surface area contributed by atoms with Gasteiger partial charge in [-0.05, 0) is 0 Å². The van der Waals surface area contributed by atoms with Crippen LogP contribution in [0.1, 0.15) is 0 Å². The molecule has 0 heterocycles. The molecule has 7 N–H and O–H groups in total. The molecule has 0 atom stereocenters. The van der Waals surface area contributed by atoms with Gasteiger partial charge in [0.15, 0.2) is 5.96 Å². The molecule has 0 spiro atoms. The molecular formula is C3H10N4O4S. The third-order valence-electron chi connectivity index (χ3n) is 0.239. The zero-order chi connectivity index (χ0) is 10.4. The predicted molar refractivity (Wildman–Crippen MR) is 42.9 cm³/mol. The molecule has 0 aliphatic rings. The Morgan fingerprint density at radius 3 is 1.58 bits per heavy atom.